The second-order valence-corrected chi connectivity index (χ2v) is 4.54. The van der Waals surface area contributed by atoms with E-state index in [0.29, 0.717) is 16.9 Å². The van der Waals surface area contributed by atoms with E-state index in [1.807, 2.05) is 13.0 Å². The summed E-state index contributed by atoms with van der Waals surface area (Å²) >= 11 is 0. The minimum Gasteiger partial charge on any atom is -0.455 e. The highest BCUT2D eigenvalue weighted by Gasteiger charge is 2.16. The number of carbonyl (C=O) groups excluding carboxylic acids is 1. The molecule has 0 aliphatic carbocycles. The van der Waals surface area contributed by atoms with Crippen LogP contribution in [0.4, 0.5) is 10.1 Å². The first kappa shape index (κ1) is 14.0. The maximum atomic E-state index is 13.9. The lowest BCUT2D eigenvalue weighted by Gasteiger charge is -2.09. The van der Waals surface area contributed by atoms with Crippen LogP contribution in [0.15, 0.2) is 30.5 Å². The van der Waals surface area contributed by atoms with Gasteiger partial charge in [0.2, 0.25) is 0 Å². The lowest BCUT2D eigenvalue weighted by Crippen LogP contribution is -2.10. The molecule has 1 aromatic heterocycles. The molecule has 0 radical (unpaired) electrons. The van der Waals surface area contributed by atoms with Gasteiger partial charge in [0.1, 0.15) is 12.4 Å². The zero-order valence-corrected chi connectivity index (χ0v) is 11.3. The molecule has 20 heavy (non-hydrogen) atoms. The summed E-state index contributed by atoms with van der Waals surface area (Å²) in [7, 11) is 0. The van der Waals surface area contributed by atoms with Gasteiger partial charge in [-0.15, -0.1) is 0 Å². The van der Waals surface area contributed by atoms with Gasteiger partial charge in [-0.2, -0.15) is 0 Å². The van der Waals surface area contributed by atoms with Crippen LogP contribution in [0.2, 0.25) is 0 Å². The monoisotopic (exact) mass is 274 g/mol. The van der Waals surface area contributed by atoms with Crippen LogP contribution < -0.4 is 5.73 Å². The summed E-state index contributed by atoms with van der Waals surface area (Å²) in [6.45, 7) is 3.41. The van der Waals surface area contributed by atoms with E-state index in [2.05, 4.69) is 4.98 Å². The van der Waals surface area contributed by atoms with Gasteiger partial charge in [-0.1, -0.05) is 6.07 Å². The molecule has 0 saturated carbocycles. The second-order valence-electron chi connectivity index (χ2n) is 4.54. The zero-order valence-electron chi connectivity index (χ0n) is 11.3. The summed E-state index contributed by atoms with van der Waals surface area (Å²) in [6, 6.07) is 6.40. The zero-order chi connectivity index (χ0) is 14.7. The Kier molecular flexibility index (Phi) is 3.98. The number of benzene rings is 1. The van der Waals surface area contributed by atoms with E-state index in [-0.39, 0.29) is 12.2 Å². The number of nitrogen functional groups attached to an aromatic ring is 1. The van der Waals surface area contributed by atoms with E-state index in [4.69, 9.17) is 10.5 Å². The average Bonchev–Trinajstić information content (AvgIpc) is 2.41. The summed E-state index contributed by atoms with van der Waals surface area (Å²) in [6.07, 6.45) is 1.61. The fraction of sp³-hybridized carbons (Fsp3) is 0.200. The molecule has 0 fully saturated rings. The third kappa shape index (κ3) is 2.93. The number of aromatic nitrogens is 1. The summed E-state index contributed by atoms with van der Waals surface area (Å²) in [4.78, 5) is 16.0. The molecule has 0 amide bonds. The molecule has 104 valence electrons. The molecule has 0 bridgehead atoms. The smallest absolute Gasteiger partial charge is 0.341 e. The molecule has 0 spiro atoms. The minimum absolute atomic E-state index is 0.00120. The molecule has 2 aromatic rings. The van der Waals surface area contributed by atoms with Crippen LogP contribution in [-0.4, -0.2) is 11.0 Å². The summed E-state index contributed by atoms with van der Waals surface area (Å²) in [5.74, 6) is -1.36. The van der Waals surface area contributed by atoms with Crippen molar-refractivity contribution >= 4 is 11.7 Å². The van der Waals surface area contributed by atoms with E-state index < -0.39 is 11.8 Å². The minimum atomic E-state index is -0.747. The Bertz CT molecular complexity index is 656. The maximum absolute atomic E-state index is 13.9. The van der Waals surface area contributed by atoms with Crippen molar-refractivity contribution in [2.45, 2.75) is 20.5 Å². The molecule has 5 heteroatoms. The van der Waals surface area contributed by atoms with Crippen molar-refractivity contribution in [1.82, 2.24) is 4.98 Å². The van der Waals surface area contributed by atoms with Gasteiger partial charge in [-0.05, 0) is 43.2 Å². The number of pyridine rings is 1. The van der Waals surface area contributed by atoms with Crippen LogP contribution in [0.1, 0.15) is 27.2 Å². The summed E-state index contributed by atoms with van der Waals surface area (Å²) < 4.78 is 19.0. The Morgan fingerprint density at radius 3 is 2.80 bits per heavy atom. The van der Waals surface area contributed by atoms with E-state index >= 15 is 0 Å². The van der Waals surface area contributed by atoms with Gasteiger partial charge in [0.15, 0.2) is 0 Å². The molecule has 0 saturated heterocycles. The molecule has 0 unspecified atom stereocenters. The fourth-order valence-corrected chi connectivity index (χ4v) is 1.83. The number of esters is 1. The highest BCUT2D eigenvalue weighted by Crippen LogP contribution is 2.18. The van der Waals surface area contributed by atoms with Crippen molar-refractivity contribution in [3.05, 3.63) is 58.7 Å². The number of nitrogens with two attached hydrogens (primary N) is 1. The quantitative estimate of drug-likeness (QED) is 0.690. The third-order valence-corrected chi connectivity index (χ3v) is 2.95. The molecule has 4 nitrogen and oxygen atoms in total. The lowest BCUT2D eigenvalue weighted by molar-refractivity contribution is 0.0461. The topological polar surface area (TPSA) is 65.2 Å². The number of ether oxygens (including phenoxy) is 1. The largest absolute Gasteiger partial charge is 0.455 e. The number of aryl methyl sites for hydroxylation is 2. The number of carbonyl (C=O) groups is 1. The van der Waals surface area contributed by atoms with Crippen LogP contribution >= 0.6 is 0 Å². The molecule has 0 atom stereocenters. The van der Waals surface area contributed by atoms with Crippen molar-refractivity contribution in [3.8, 4) is 0 Å². The van der Waals surface area contributed by atoms with Crippen LogP contribution in [0.3, 0.4) is 0 Å². The lowest BCUT2D eigenvalue weighted by atomic mass is 10.1. The van der Waals surface area contributed by atoms with Crippen molar-refractivity contribution in [3.63, 3.8) is 0 Å². The number of anilines is 1. The Hall–Kier alpha value is -2.43. The van der Waals surface area contributed by atoms with Crippen LogP contribution in [0.25, 0.3) is 0 Å². The van der Waals surface area contributed by atoms with Gasteiger partial charge in [-0.25, -0.2) is 9.18 Å². The molecule has 2 rings (SSSR count). The van der Waals surface area contributed by atoms with Crippen molar-refractivity contribution in [1.29, 1.82) is 0 Å². The second kappa shape index (κ2) is 5.69. The fourth-order valence-electron chi connectivity index (χ4n) is 1.83. The molecular formula is C15H15FN2O2. The number of halogens is 1. The van der Waals surface area contributed by atoms with E-state index in [1.165, 1.54) is 12.1 Å². The van der Waals surface area contributed by atoms with Gasteiger partial charge < -0.3 is 10.5 Å². The number of rotatable bonds is 3. The van der Waals surface area contributed by atoms with Crippen molar-refractivity contribution in [2.75, 3.05) is 5.73 Å². The van der Waals surface area contributed by atoms with Gasteiger partial charge in [-0.3, -0.25) is 4.98 Å². The molecular weight excluding hydrogens is 259 g/mol. The standard InChI is InChI=1S/C15H15FN2O2/c1-9-4-3-5-18-13(9)8-20-15(19)12-7-11(17)6-10(2)14(12)16/h3-7H,8,17H2,1-2H3. The van der Waals surface area contributed by atoms with Gasteiger partial charge >= 0.3 is 5.97 Å². The first-order valence-corrected chi connectivity index (χ1v) is 6.12. The highest BCUT2D eigenvalue weighted by atomic mass is 19.1. The Morgan fingerprint density at radius 1 is 1.35 bits per heavy atom. The van der Waals surface area contributed by atoms with Gasteiger partial charge in [0, 0.05) is 11.9 Å². The van der Waals surface area contributed by atoms with E-state index in [1.54, 1.807) is 19.2 Å². The highest BCUT2D eigenvalue weighted by molar-refractivity contribution is 5.91. The van der Waals surface area contributed by atoms with Crippen molar-refractivity contribution in [2.24, 2.45) is 0 Å². The average molecular weight is 274 g/mol. The van der Waals surface area contributed by atoms with Gasteiger partial charge in [0.25, 0.3) is 0 Å². The molecule has 2 N–H and O–H groups in total. The number of hydrogen-bond acceptors (Lipinski definition) is 4. The predicted molar refractivity (Wildman–Crippen MR) is 73.6 cm³/mol. The van der Waals surface area contributed by atoms with Gasteiger partial charge in [0.05, 0.1) is 11.3 Å². The molecule has 0 aliphatic rings. The normalized spacial score (nSPS) is 10.3. The van der Waals surface area contributed by atoms with E-state index in [9.17, 15) is 9.18 Å². The van der Waals surface area contributed by atoms with E-state index in [0.717, 1.165) is 5.56 Å². The molecule has 0 aliphatic heterocycles. The van der Waals surface area contributed by atoms with Crippen LogP contribution in [0.5, 0.6) is 0 Å². The summed E-state index contributed by atoms with van der Waals surface area (Å²) in [5.41, 5.74) is 7.64. The Labute approximate surface area is 116 Å². The SMILES string of the molecule is Cc1cccnc1COC(=O)c1cc(N)cc(C)c1F. The third-order valence-electron chi connectivity index (χ3n) is 2.95. The first-order valence-electron chi connectivity index (χ1n) is 6.12. The Balaban J connectivity index is 2.15. The van der Waals surface area contributed by atoms with Crippen LogP contribution in [0, 0.1) is 19.7 Å². The molecule has 1 heterocycles. The Morgan fingerprint density at radius 2 is 2.10 bits per heavy atom. The van der Waals surface area contributed by atoms with Crippen molar-refractivity contribution < 1.29 is 13.9 Å². The number of hydrogen-bond donors (Lipinski definition) is 1. The molecule has 1 aromatic carbocycles. The maximum Gasteiger partial charge on any atom is 0.341 e. The number of nitrogens with zero attached hydrogens (tertiary/aromatic N) is 1. The first-order chi connectivity index (χ1) is 9.49. The summed E-state index contributed by atoms with van der Waals surface area (Å²) in [5, 5.41) is 0. The van der Waals surface area contributed by atoms with Crippen LogP contribution in [-0.2, 0) is 11.3 Å². The predicted octanol–water partition coefficient (Wildman–Crippen LogP) is 2.78.